The Balaban J connectivity index is 1.65. The maximum Gasteiger partial charge on any atom is 0.191 e. The highest BCUT2D eigenvalue weighted by Gasteiger charge is 2.06. The Labute approximate surface area is 148 Å². The van der Waals surface area contributed by atoms with Gasteiger partial charge in [-0.2, -0.15) is 0 Å². The van der Waals surface area contributed by atoms with Gasteiger partial charge in [-0.3, -0.25) is 4.99 Å². The zero-order chi connectivity index (χ0) is 17.2. The number of aliphatic imine (C=N–C) groups is 1. The summed E-state index contributed by atoms with van der Waals surface area (Å²) in [4.78, 5) is 10.2. The maximum atomic E-state index is 5.65. The molecule has 0 amide bonds. The Bertz CT molecular complexity index is 640. The van der Waals surface area contributed by atoms with E-state index in [0.717, 1.165) is 31.1 Å². The van der Waals surface area contributed by atoms with Gasteiger partial charge in [0.15, 0.2) is 5.96 Å². The smallest absolute Gasteiger partial charge is 0.191 e. The van der Waals surface area contributed by atoms with E-state index in [1.165, 1.54) is 15.6 Å². The van der Waals surface area contributed by atoms with Crippen molar-refractivity contribution >= 4 is 17.3 Å². The van der Waals surface area contributed by atoms with E-state index in [1.54, 1.807) is 18.4 Å². The number of hydrogen-bond donors (Lipinski definition) is 2. The Hall–Kier alpha value is -2.08. The highest BCUT2D eigenvalue weighted by atomic mass is 32.1. The Kier molecular flexibility index (Phi) is 7.55. The highest BCUT2D eigenvalue weighted by Crippen LogP contribution is 2.17. The Morgan fingerprint density at radius 2 is 1.96 bits per heavy atom. The second kappa shape index (κ2) is 9.93. The molecule has 0 saturated heterocycles. The van der Waals surface area contributed by atoms with Gasteiger partial charge in [0, 0.05) is 24.9 Å². The van der Waals surface area contributed by atoms with E-state index in [0.29, 0.717) is 13.2 Å². The fourth-order valence-electron chi connectivity index (χ4n) is 2.29. The Morgan fingerprint density at radius 3 is 2.62 bits per heavy atom. The topological polar surface area (TPSA) is 58.5 Å². The molecule has 0 atom stereocenters. The van der Waals surface area contributed by atoms with Crippen LogP contribution in [0, 0.1) is 6.92 Å². The molecule has 1 aromatic carbocycles. The van der Waals surface area contributed by atoms with Crippen LogP contribution < -0.4 is 15.4 Å². The first-order valence-electron chi connectivity index (χ1n) is 8.30. The van der Waals surface area contributed by atoms with Crippen molar-refractivity contribution < 1.29 is 4.74 Å². The number of rotatable bonds is 8. The predicted octanol–water partition coefficient (Wildman–Crippen LogP) is 2.80. The summed E-state index contributed by atoms with van der Waals surface area (Å²) in [5.74, 6) is 1.67. The van der Waals surface area contributed by atoms with Crippen molar-refractivity contribution in [2.24, 2.45) is 4.99 Å². The van der Waals surface area contributed by atoms with Gasteiger partial charge in [-0.15, -0.1) is 11.3 Å². The molecule has 1 aromatic heterocycles. The van der Waals surface area contributed by atoms with Gasteiger partial charge in [0.05, 0.1) is 17.2 Å². The van der Waals surface area contributed by atoms with Gasteiger partial charge >= 0.3 is 0 Å². The lowest BCUT2D eigenvalue weighted by atomic mass is 10.3. The summed E-state index contributed by atoms with van der Waals surface area (Å²) < 4.78 is 5.65. The zero-order valence-corrected chi connectivity index (χ0v) is 15.4. The minimum atomic E-state index is 0.594. The highest BCUT2D eigenvalue weighted by molar-refractivity contribution is 7.11. The lowest BCUT2D eigenvalue weighted by molar-refractivity contribution is 0.322. The second-order valence-corrected chi connectivity index (χ2v) is 6.59. The number of guanidine groups is 1. The molecule has 0 saturated carbocycles. The molecule has 0 aliphatic rings. The summed E-state index contributed by atoms with van der Waals surface area (Å²) in [6.45, 7) is 6.39. The van der Waals surface area contributed by atoms with E-state index in [1.807, 2.05) is 30.3 Å². The molecule has 0 radical (unpaired) electrons. The molecule has 5 nitrogen and oxygen atoms in total. The summed E-state index contributed by atoms with van der Waals surface area (Å²) in [5.41, 5.74) is 1.22. The first-order chi connectivity index (χ1) is 11.7. The van der Waals surface area contributed by atoms with Crippen LogP contribution in [-0.2, 0) is 12.8 Å². The predicted molar refractivity (Wildman–Crippen MR) is 101 cm³/mol. The lowest BCUT2D eigenvalue weighted by Gasteiger charge is -2.12. The molecule has 6 heteroatoms. The SMILES string of the molecule is CCc1nc(CCNC(=NC)NCCOc2ccccc2)sc1C. The van der Waals surface area contributed by atoms with Crippen molar-refractivity contribution in [2.45, 2.75) is 26.7 Å². The number of aryl methyl sites for hydroxylation is 2. The third-order valence-electron chi connectivity index (χ3n) is 3.53. The van der Waals surface area contributed by atoms with Crippen LogP contribution in [0.5, 0.6) is 5.75 Å². The van der Waals surface area contributed by atoms with Gasteiger partial charge in [0.1, 0.15) is 12.4 Å². The van der Waals surface area contributed by atoms with E-state index in [9.17, 15) is 0 Å². The number of thiazole rings is 1. The molecule has 1 heterocycles. The van der Waals surface area contributed by atoms with Crippen molar-refractivity contribution in [3.8, 4) is 5.75 Å². The molecule has 2 aromatic rings. The van der Waals surface area contributed by atoms with Crippen LogP contribution in [0.15, 0.2) is 35.3 Å². The van der Waals surface area contributed by atoms with Crippen LogP contribution >= 0.6 is 11.3 Å². The van der Waals surface area contributed by atoms with Gasteiger partial charge in [-0.25, -0.2) is 4.98 Å². The number of aromatic nitrogens is 1. The standard InChI is InChI=1S/C18H26N4OS/c1-4-16-14(2)24-17(22-16)10-11-20-18(19-3)21-12-13-23-15-8-6-5-7-9-15/h5-9H,4,10-13H2,1-3H3,(H2,19,20,21). The fourth-order valence-corrected chi connectivity index (χ4v) is 3.31. The fraction of sp³-hybridized carbons (Fsp3) is 0.444. The van der Waals surface area contributed by atoms with Crippen molar-refractivity contribution in [1.29, 1.82) is 0 Å². The largest absolute Gasteiger partial charge is 0.492 e. The number of nitrogens with one attached hydrogen (secondary N) is 2. The summed E-state index contributed by atoms with van der Waals surface area (Å²) in [6, 6.07) is 9.81. The van der Waals surface area contributed by atoms with E-state index in [4.69, 9.17) is 4.74 Å². The van der Waals surface area contributed by atoms with Crippen LogP contribution in [0.1, 0.15) is 22.5 Å². The van der Waals surface area contributed by atoms with Crippen molar-refractivity contribution in [3.05, 3.63) is 45.9 Å². The van der Waals surface area contributed by atoms with Crippen molar-refractivity contribution in [3.63, 3.8) is 0 Å². The third-order valence-corrected chi connectivity index (χ3v) is 4.61. The number of nitrogens with zero attached hydrogens (tertiary/aromatic N) is 2. The first kappa shape index (κ1) is 18.3. The first-order valence-corrected chi connectivity index (χ1v) is 9.12. The van der Waals surface area contributed by atoms with Gasteiger partial charge in [-0.1, -0.05) is 25.1 Å². The van der Waals surface area contributed by atoms with Crippen LogP contribution in [0.25, 0.3) is 0 Å². The molecule has 2 rings (SSSR count). The van der Waals surface area contributed by atoms with Gasteiger partial charge < -0.3 is 15.4 Å². The summed E-state index contributed by atoms with van der Waals surface area (Å²) in [7, 11) is 1.77. The van der Waals surface area contributed by atoms with Gasteiger partial charge in [0.25, 0.3) is 0 Å². The molecule has 0 fully saturated rings. The van der Waals surface area contributed by atoms with Crippen LogP contribution in [0.2, 0.25) is 0 Å². The maximum absolute atomic E-state index is 5.65. The summed E-state index contributed by atoms with van der Waals surface area (Å²) in [6.07, 6.45) is 1.91. The van der Waals surface area contributed by atoms with Crippen LogP contribution in [0.3, 0.4) is 0 Å². The molecule has 0 aliphatic carbocycles. The minimum Gasteiger partial charge on any atom is -0.492 e. The Morgan fingerprint density at radius 1 is 1.21 bits per heavy atom. The average molecular weight is 347 g/mol. The quantitative estimate of drug-likeness (QED) is 0.438. The lowest BCUT2D eigenvalue weighted by Crippen LogP contribution is -2.40. The number of hydrogen-bond acceptors (Lipinski definition) is 4. The van der Waals surface area contributed by atoms with Crippen LogP contribution in [0.4, 0.5) is 0 Å². The van der Waals surface area contributed by atoms with E-state index < -0.39 is 0 Å². The molecule has 24 heavy (non-hydrogen) atoms. The molecular formula is C18H26N4OS. The van der Waals surface area contributed by atoms with Gasteiger partial charge in [-0.05, 0) is 25.5 Å². The summed E-state index contributed by atoms with van der Waals surface area (Å²) in [5, 5.41) is 7.74. The molecule has 0 bridgehead atoms. The number of ether oxygens (including phenoxy) is 1. The van der Waals surface area contributed by atoms with Crippen molar-refractivity contribution in [1.82, 2.24) is 15.6 Å². The average Bonchev–Trinajstić information content (AvgIpc) is 2.97. The molecule has 0 spiro atoms. The van der Waals surface area contributed by atoms with Gasteiger partial charge in [0.2, 0.25) is 0 Å². The van der Waals surface area contributed by atoms with E-state index >= 15 is 0 Å². The molecule has 0 unspecified atom stereocenters. The molecule has 2 N–H and O–H groups in total. The molecular weight excluding hydrogens is 320 g/mol. The van der Waals surface area contributed by atoms with E-state index in [-0.39, 0.29) is 0 Å². The normalized spacial score (nSPS) is 11.4. The number of benzene rings is 1. The third kappa shape index (κ3) is 5.85. The zero-order valence-electron chi connectivity index (χ0n) is 14.6. The minimum absolute atomic E-state index is 0.594. The van der Waals surface area contributed by atoms with Crippen molar-refractivity contribution in [2.75, 3.05) is 26.7 Å². The van der Waals surface area contributed by atoms with Crippen LogP contribution in [-0.4, -0.2) is 37.7 Å². The monoisotopic (exact) mass is 346 g/mol. The summed E-state index contributed by atoms with van der Waals surface area (Å²) >= 11 is 1.79. The molecule has 0 aliphatic heterocycles. The number of para-hydroxylation sites is 1. The van der Waals surface area contributed by atoms with E-state index in [2.05, 4.69) is 34.5 Å². The second-order valence-electron chi connectivity index (χ2n) is 5.30. The molecule has 130 valence electrons.